The summed E-state index contributed by atoms with van der Waals surface area (Å²) in [6, 6.07) is 20.1. The van der Waals surface area contributed by atoms with E-state index in [9.17, 15) is 5.11 Å². The fourth-order valence-electron chi connectivity index (χ4n) is 3.19. The summed E-state index contributed by atoms with van der Waals surface area (Å²) in [6.07, 6.45) is 0.295. The third-order valence-electron chi connectivity index (χ3n) is 4.64. The number of oxime groups is 1. The van der Waals surface area contributed by atoms with Gasteiger partial charge in [-0.15, -0.1) is 0 Å². The van der Waals surface area contributed by atoms with Crippen LogP contribution in [0.15, 0.2) is 65.8 Å². The predicted molar refractivity (Wildman–Crippen MR) is 107 cm³/mol. The van der Waals surface area contributed by atoms with Gasteiger partial charge in [-0.25, -0.2) is 0 Å². The number of hydrogen-bond acceptors (Lipinski definition) is 5. The van der Waals surface area contributed by atoms with Crippen molar-refractivity contribution in [1.29, 1.82) is 0 Å². The summed E-state index contributed by atoms with van der Waals surface area (Å²) in [7, 11) is 0. The minimum absolute atomic E-state index is 0.0255. The van der Waals surface area contributed by atoms with Crippen molar-refractivity contribution in [1.82, 2.24) is 4.90 Å². The van der Waals surface area contributed by atoms with Gasteiger partial charge >= 0.3 is 0 Å². The van der Waals surface area contributed by atoms with Crippen molar-refractivity contribution in [3.63, 3.8) is 0 Å². The Morgan fingerprint density at radius 2 is 1.85 bits per heavy atom. The second kappa shape index (κ2) is 10.2. The van der Waals surface area contributed by atoms with Crippen LogP contribution >= 0.6 is 0 Å². The molecule has 144 valence electrons. The van der Waals surface area contributed by atoms with E-state index in [0.29, 0.717) is 19.8 Å². The van der Waals surface area contributed by atoms with Gasteiger partial charge in [-0.05, 0) is 17.7 Å². The number of ether oxygens (including phenoxy) is 1. The zero-order valence-corrected chi connectivity index (χ0v) is 15.8. The summed E-state index contributed by atoms with van der Waals surface area (Å²) in [4.78, 5) is 7.79. The number of hydrogen-bond donors (Lipinski definition) is 1. The van der Waals surface area contributed by atoms with E-state index < -0.39 is 6.10 Å². The number of benzene rings is 2. The Labute approximate surface area is 161 Å². The van der Waals surface area contributed by atoms with E-state index >= 15 is 0 Å². The molecule has 0 aliphatic carbocycles. The SMILES string of the molecule is CCN(CC(O)COCc1ccccc1)CC1CC(c2ccccc2)=NO1. The van der Waals surface area contributed by atoms with E-state index in [1.165, 1.54) is 0 Å². The molecule has 0 radical (unpaired) electrons. The summed E-state index contributed by atoms with van der Waals surface area (Å²) in [5.74, 6) is 0. The molecule has 5 heteroatoms. The number of aliphatic hydroxyl groups is 1. The lowest BCUT2D eigenvalue weighted by atomic mass is 10.0. The number of likely N-dealkylation sites (N-methyl/N-ethyl adjacent to an activating group) is 1. The molecule has 2 aromatic carbocycles. The molecular formula is C22H28N2O3. The lowest BCUT2D eigenvalue weighted by Gasteiger charge is -2.25. The first-order valence-electron chi connectivity index (χ1n) is 9.54. The second-order valence-corrected chi connectivity index (χ2v) is 6.84. The van der Waals surface area contributed by atoms with Gasteiger partial charge < -0.3 is 14.7 Å². The maximum absolute atomic E-state index is 10.3. The van der Waals surface area contributed by atoms with Crippen molar-refractivity contribution in [3.05, 3.63) is 71.8 Å². The van der Waals surface area contributed by atoms with Crippen LogP contribution in [0.3, 0.4) is 0 Å². The van der Waals surface area contributed by atoms with Gasteiger partial charge in [-0.2, -0.15) is 0 Å². The lowest BCUT2D eigenvalue weighted by molar-refractivity contribution is -0.00325. The van der Waals surface area contributed by atoms with E-state index in [4.69, 9.17) is 9.57 Å². The van der Waals surface area contributed by atoms with Gasteiger partial charge in [0.2, 0.25) is 0 Å². The van der Waals surface area contributed by atoms with E-state index in [1.807, 2.05) is 48.5 Å². The van der Waals surface area contributed by atoms with Crippen LogP contribution in [0.4, 0.5) is 0 Å². The molecule has 0 saturated heterocycles. The predicted octanol–water partition coefficient (Wildman–Crippen LogP) is 3.08. The fraction of sp³-hybridized carbons (Fsp3) is 0.409. The minimum atomic E-state index is -0.524. The summed E-state index contributed by atoms with van der Waals surface area (Å²) < 4.78 is 5.64. The maximum atomic E-state index is 10.3. The van der Waals surface area contributed by atoms with Crippen LogP contribution in [-0.2, 0) is 16.2 Å². The molecule has 0 aromatic heterocycles. The molecule has 2 unspecified atom stereocenters. The molecule has 1 heterocycles. The third-order valence-corrected chi connectivity index (χ3v) is 4.64. The first-order chi connectivity index (χ1) is 13.2. The molecule has 1 aliphatic heterocycles. The van der Waals surface area contributed by atoms with Crippen molar-refractivity contribution >= 4 is 5.71 Å². The van der Waals surface area contributed by atoms with Gasteiger partial charge in [-0.3, -0.25) is 4.90 Å². The zero-order chi connectivity index (χ0) is 18.9. The van der Waals surface area contributed by atoms with Crippen molar-refractivity contribution < 1.29 is 14.7 Å². The highest BCUT2D eigenvalue weighted by atomic mass is 16.6. The molecule has 0 amide bonds. The Bertz CT molecular complexity index is 706. The molecule has 1 N–H and O–H groups in total. The molecule has 0 saturated carbocycles. The van der Waals surface area contributed by atoms with Crippen LogP contribution in [0, 0.1) is 0 Å². The third kappa shape index (κ3) is 6.17. The molecule has 0 bridgehead atoms. The monoisotopic (exact) mass is 368 g/mol. The highest BCUT2D eigenvalue weighted by Crippen LogP contribution is 2.17. The molecule has 27 heavy (non-hydrogen) atoms. The molecule has 2 aromatic rings. The maximum Gasteiger partial charge on any atom is 0.145 e. The summed E-state index contributed by atoms with van der Waals surface area (Å²) in [5.41, 5.74) is 3.21. The van der Waals surface area contributed by atoms with Gasteiger partial charge in [0, 0.05) is 19.5 Å². The molecule has 5 nitrogen and oxygen atoms in total. The highest BCUT2D eigenvalue weighted by Gasteiger charge is 2.24. The Morgan fingerprint density at radius 1 is 1.15 bits per heavy atom. The molecule has 2 atom stereocenters. The zero-order valence-electron chi connectivity index (χ0n) is 15.8. The van der Waals surface area contributed by atoms with Crippen LogP contribution in [0.2, 0.25) is 0 Å². The average Bonchev–Trinajstić information content (AvgIpc) is 3.17. The summed E-state index contributed by atoms with van der Waals surface area (Å²) >= 11 is 0. The Morgan fingerprint density at radius 3 is 2.56 bits per heavy atom. The van der Waals surface area contributed by atoms with Crippen molar-refractivity contribution in [2.24, 2.45) is 5.16 Å². The van der Waals surface area contributed by atoms with E-state index in [2.05, 4.69) is 29.1 Å². The summed E-state index contributed by atoms with van der Waals surface area (Å²) in [5, 5.41) is 14.5. The standard InChI is InChI=1S/C22H28N2O3/c1-2-24(14-20(25)17-26-16-18-9-5-3-6-10-18)15-21-13-22(23-27-21)19-11-7-4-8-12-19/h3-12,20-21,25H,2,13-17H2,1H3. The van der Waals surface area contributed by atoms with Crippen LogP contribution in [0.1, 0.15) is 24.5 Å². The smallest absolute Gasteiger partial charge is 0.145 e. The van der Waals surface area contributed by atoms with E-state index in [0.717, 1.165) is 36.3 Å². The first-order valence-corrected chi connectivity index (χ1v) is 9.54. The van der Waals surface area contributed by atoms with E-state index in [1.54, 1.807) is 0 Å². The highest BCUT2D eigenvalue weighted by molar-refractivity contribution is 6.01. The fourth-order valence-corrected chi connectivity index (χ4v) is 3.19. The quantitative estimate of drug-likeness (QED) is 0.700. The van der Waals surface area contributed by atoms with Gasteiger partial charge in [0.05, 0.1) is 25.0 Å². The largest absolute Gasteiger partial charge is 0.390 e. The molecule has 0 fully saturated rings. The molecule has 0 spiro atoms. The second-order valence-electron chi connectivity index (χ2n) is 6.84. The number of rotatable bonds is 10. The minimum Gasteiger partial charge on any atom is -0.390 e. The first kappa shape index (κ1) is 19.5. The lowest BCUT2D eigenvalue weighted by Crippen LogP contribution is -2.39. The molecule has 3 rings (SSSR count). The molecular weight excluding hydrogens is 340 g/mol. The Kier molecular flexibility index (Phi) is 7.39. The van der Waals surface area contributed by atoms with Crippen LogP contribution in [0.25, 0.3) is 0 Å². The Hall–Kier alpha value is -2.21. The van der Waals surface area contributed by atoms with Crippen LogP contribution in [-0.4, -0.2) is 54.2 Å². The molecule has 1 aliphatic rings. The normalized spacial score (nSPS) is 17.6. The number of aliphatic hydroxyl groups excluding tert-OH is 1. The summed E-state index contributed by atoms with van der Waals surface area (Å²) in [6.45, 7) is 5.08. The number of nitrogens with zero attached hydrogens (tertiary/aromatic N) is 2. The Balaban J connectivity index is 1.39. The topological polar surface area (TPSA) is 54.3 Å². The van der Waals surface area contributed by atoms with Crippen molar-refractivity contribution in [2.45, 2.75) is 32.2 Å². The van der Waals surface area contributed by atoms with Gasteiger partial charge in [-0.1, -0.05) is 72.7 Å². The van der Waals surface area contributed by atoms with Crippen LogP contribution in [0.5, 0.6) is 0 Å². The average molecular weight is 368 g/mol. The van der Waals surface area contributed by atoms with Crippen molar-refractivity contribution in [3.8, 4) is 0 Å². The van der Waals surface area contributed by atoms with Gasteiger partial charge in [0.15, 0.2) is 0 Å². The van der Waals surface area contributed by atoms with Crippen molar-refractivity contribution in [2.75, 3.05) is 26.2 Å². The van der Waals surface area contributed by atoms with E-state index in [-0.39, 0.29) is 6.10 Å². The van der Waals surface area contributed by atoms with Gasteiger partial charge in [0.1, 0.15) is 6.10 Å². The van der Waals surface area contributed by atoms with Gasteiger partial charge in [0.25, 0.3) is 0 Å². The van der Waals surface area contributed by atoms with Crippen LogP contribution < -0.4 is 0 Å².